The molecule has 4 nitrogen and oxygen atoms in total. The molecule has 0 saturated carbocycles. The summed E-state index contributed by atoms with van der Waals surface area (Å²) in [5, 5.41) is 3.47. The second kappa shape index (κ2) is 6.69. The van der Waals surface area contributed by atoms with Gasteiger partial charge in [-0.25, -0.2) is 4.98 Å². The van der Waals surface area contributed by atoms with Gasteiger partial charge in [-0.1, -0.05) is 30.3 Å². The number of hydrogen-bond acceptors (Lipinski definition) is 3. The van der Waals surface area contributed by atoms with Crippen molar-refractivity contribution >= 4 is 16.7 Å². The number of aromatic nitrogens is 2. The number of rotatable bonds is 5. The molecule has 0 spiro atoms. The molecule has 4 heteroatoms. The van der Waals surface area contributed by atoms with Crippen LogP contribution in [0, 0.1) is 0 Å². The molecule has 0 aliphatic carbocycles. The van der Waals surface area contributed by atoms with Gasteiger partial charge in [0.2, 0.25) is 0 Å². The van der Waals surface area contributed by atoms with Crippen LogP contribution in [0.25, 0.3) is 16.7 Å². The number of anilines is 1. The minimum Gasteiger partial charge on any atom is -0.497 e. The van der Waals surface area contributed by atoms with Crippen molar-refractivity contribution in [3.8, 4) is 11.4 Å². The Balaban J connectivity index is 1.55. The Morgan fingerprint density at radius 1 is 0.960 bits per heavy atom. The third-order valence-electron chi connectivity index (χ3n) is 4.23. The Hall–Kier alpha value is -3.27. The van der Waals surface area contributed by atoms with Gasteiger partial charge in [0.05, 0.1) is 18.1 Å². The number of ether oxygens (including phenoxy) is 1. The molecule has 1 heterocycles. The standard InChI is InChI=1S/C21H19N3O/c1-25-19-11-9-16(10-12-19)14-22-17-5-4-6-18(13-17)24-15-23-20-7-2-3-8-21(20)24/h2-13,15,22H,14H2,1H3. The van der Waals surface area contributed by atoms with E-state index in [0.29, 0.717) is 0 Å². The Labute approximate surface area is 146 Å². The van der Waals surface area contributed by atoms with Crippen LogP contribution in [0.4, 0.5) is 5.69 Å². The number of nitrogens with zero attached hydrogens (tertiary/aromatic N) is 2. The average molecular weight is 329 g/mol. The minimum absolute atomic E-state index is 0.762. The molecule has 1 N–H and O–H groups in total. The van der Waals surface area contributed by atoms with Crippen molar-refractivity contribution < 1.29 is 4.74 Å². The zero-order valence-corrected chi connectivity index (χ0v) is 14.0. The van der Waals surface area contributed by atoms with Crippen LogP contribution in [-0.2, 0) is 6.54 Å². The second-order valence-electron chi connectivity index (χ2n) is 5.86. The van der Waals surface area contributed by atoms with E-state index in [1.807, 2.05) is 36.7 Å². The molecular formula is C21H19N3O. The normalized spacial score (nSPS) is 10.8. The molecule has 0 atom stereocenters. The van der Waals surface area contributed by atoms with Crippen molar-refractivity contribution in [2.75, 3.05) is 12.4 Å². The summed E-state index contributed by atoms with van der Waals surface area (Å²) < 4.78 is 7.30. The summed E-state index contributed by atoms with van der Waals surface area (Å²) in [7, 11) is 1.68. The summed E-state index contributed by atoms with van der Waals surface area (Å²) in [5.41, 5.74) is 5.48. The Kier molecular flexibility index (Phi) is 4.09. The fraction of sp³-hybridized carbons (Fsp3) is 0.0952. The molecule has 0 radical (unpaired) electrons. The maximum absolute atomic E-state index is 5.20. The average Bonchev–Trinajstić information content (AvgIpc) is 3.11. The number of imidazole rings is 1. The molecule has 0 unspecified atom stereocenters. The largest absolute Gasteiger partial charge is 0.497 e. The number of benzene rings is 3. The first-order valence-electron chi connectivity index (χ1n) is 8.23. The quantitative estimate of drug-likeness (QED) is 0.579. The third-order valence-corrected chi connectivity index (χ3v) is 4.23. The van der Waals surface area contributed by atoms with Crippen molar-refractivity contribution in [2.24, 2.45) is 0 Å². The molecule has 25 heavy (non-hydrogen) atoms. The van der Waals surface area contributed by atoms with E-state index >= 15 is 0 Å². The van der Waals surface area contributed by atoms with Gasteiger partial charge in [-0.15, -0.1) is 0 Å². The molecule has 0 saturated heterocycles. The first-order chi connectivity index (χ1) is 12.3. The van der Waals surface area contributed by atoms with Crippen molar-refractivity contribution in [2.45, 2.75) is 6.54 Å². The van der Waals surface area contributed by atoms with Crippen LogP contribution in [0.2, 0.25) is 0 Å². The van der Waals surface area contributed by atoms with E-state index in [4.69, 9.17) is 4.74 Å². The molecule has 4 aromatic rings. The minimum atomic E-state index is 0.762. The molecule has 0 fully saturated rings. The molecule has 0 aliphatic heterocycles. The SMILES string of the molecule is COc1ccc(CNc2cccc(-n3cnc4ccccc43)c2)cc1. The molecule has 3 aromatic carbocycles. The zero-order chi connectivity index (χ0) is 17.1. The highest BCUT2D eigenvalue weighted by Crippen LogP contribution is 2.21. The Morgan fingerprint density at radius 3 is 2.64 bits per heavy atom. The first kappa shape index (κ1) is 15.3. The molecular weight excluding hydrogens is 310 g/mol. The fourth-order valence-corrected chi connectivity index (χ4v) is 2.88. The summed E-state index contributed by atoms with van der Waals surface area (Å²) in [6.45, 7) is 0.762. The van der Waals surface area contributed by atoms with Crippen LogP contribution in [-0.4, -0.2) is 16.7 Å². The van der Waals surface area contributed by atoms with E-state index in [1.54, 1.807) is 7.11 Å². The Morgan fingerprint density at radius 2 is 1.80 bits per heavy atom. The lowest BCUT2D eigenvalue weighted by Gasteiger charge is -2.10. The summed E-state index contributed by atoms with van der Waals surface area (Å²) in [4.78, 5) is 4.47. The maximum Gasteiger partial charge on any atom is 0.118 e. The summed E-state index contributed by atoms with van der Waals surface area (Å²) in [6.07, 6.45) is 1.87. The molecule has 0 amide bonds. The van der Waals surface area contributed by atoms with E-state index in [-0.39, 0.29) is 0 Å². The van der Waals surface area contributed by atoms with E-state index in [0.717, 1.165) is 34.7 Å². The molecule has 0 aliphatic rings. The van der Waals surface area contributed by atoms with Gasteiger partial charge in [0.15, 0.2) is 0 Å². The van der Waals surface area contributed by atoms with Crippen LogP contribution in [0.1, 0.15) is 5.56 Å². The summed E-state index contributed by atoms with van der Waals surface area (Å²) in [6, 6.07) is 24.6. The fourth-order valence-electron chi connectivity index (χ4n) is 2.88. The van der Waals surface area contributed by atoms with Crippen LogP contribution >= 0.6 is 0 Å². The van der Waals surface area contributed by atoms with Crippen molar-refractivity contribution in [1.29, 1.82) is 0 Å². The van der Waals surface area contributed by atoms with E-state index in [2.05, 4.69) is 57.3 Å². The number of para-hydroxylation sites is 2. The predicted octanol–water partition coefficient (Wildman–Crippen LogP) is 4.65. The first-order valence-corrected chi connectivity index (χ1v) is 8.23. The lowest BCUT2D eigenvalue weighted by atomic mass is 10.2. The summed E-state index contributed by atoms with van der Waals surface area (Å²) >= 11 is 0. The summed E-state index contributed by atoms with van der Waals surface area (Å²) in [5.74, 6) is 0.873. The van der Waals surface area contributed by atoms with Crippen molar-refractivity contribution in [3.63, 3.8) is 0 Å². The number of methoxy groups -OCH3 is 1. The van der Waals surface area contributed by atoms with Gasteiger partial charge in [-0.05, 0) is 48.0 Å². The number of nitrogens with one attached hydrogen (secondary N) is 1. The highest BCUT2D eigenvalue weighted by atomic mass is 16.5. The second-order valence-corrected chi connectivity index (χ2v) is 5.86. The van der Waals surface area contributed by atoms with Gasteiger partial charge in [-0.2, -0.15) is 0 Å². The maximum atomic E-state index is 5.20. The van der Waals surface area contributed by atoms with Crippen molar-refractivity contribution in [3.05, 3.63) is 84.7 Å². The highest BCUT2D eigenvalue weighted by molar-refractivity contribution is 5.77. The third kappa shape index (κ3) is 3.19. The Bertz CT molecular complexity index is 989. The molecule has 4 rings (SSSR count). The highest BCUT2D eigenvalue weighted by Gasteiger charge is 2.04. The van der Waals surface area contributed by atoms with Gasteiger partial charge in [0, 0.05) is 17.9 Å². The van der Waals surface area contributed by atoms with Gasteiger partial charge in [0.1, 0.15) is 12.1 Å². The molecule has 0 bridgehead atoms. The smallest absolute Gasteiger partial charge is 0.118 e. The van der Waals surface area contributed by atoms with Crippen LogP contribution < -0.4 is 10.1 Å². The van der Waals surface area contributed by atoms with Crippen LogP contribution in [0.15, 0.2) is 79.1 Å². The number of fused-ring (bicyclic) bond motifs is 1. The van der Waals surface area contributed by atoms with Gasteiger partial charge in [-0.3, -0.25) is 4.57 Å². The molecule has 124 valence electrons. The van der Waals surface area contributed by atoms with Crippen molar-refractivity contribution in [1.82, 2.24) is 9.55 Å². The molecule has 1 aromatic heterocycles. The van der Waals surface area contributed by atoms with Gasteiger partial charge >= 0.3 is 0 Å². The zero-order valence-electron chi connectivity index (χ0n) is 14.0. The van der Waals surface area contributed by atoms with E-state index in [1.165, 1.54) is 5.56 Å². The van der Waals surface area contributed by atoms with E-state index < -0.39 is 0 Å². The van der Waals surface area contributed by atoms with Gasteiger partial charge in [0.25, 0.3) is 0 Å². The van der Waals surface area contributed by atoms with Crippen LogP contribution in [0.3, 0.4) is 0 Å². The van der Waals surface area contributed by atoms with Crippen LogP contribution in [0.5, 0.6) is 5.75 Å². The number of hydrogen-bond donors (Lipinski definition) is 1. The lowest BCUT2D eigenvalue weighted by Crippen LogP contribution is -2.00. The monoisotopic (exact) mass is 329 g/mol. The predicted molar refractivity (Wildman–Crippen MR) is 101 cm³/mol. The lowest BCUT2D eigenvalue weighted by molar-refractivity contribution is 0.414. The van der Waals surface area contributed by atoms with Gasteiger partial charge < -0.3 is 10.1 Å². The van der Waals surface area contributed by atoms with E-state index in [9.17, 15) is 0 Å². The topological polar surface area (TPSA) is 39.1 Å².